The third kappa shape index (κ3) is 4.65. The van der Waals surface area contributed by atoms with Gasteiger partial charge in [0.2, 0.25) is 5.91 Å². The number of hydrogen-bond acceptors (Lipinski definition) is 5. The molecule has 2 aromatic rings. The van der Waals surface area contributed by atoms with E-state index in [9.17, 15) is 9.59 Å². The molecule has 3 heterocycles. The first-order chi connectivity index (χ1) is 16.9. The Hall–Kier alpha value is -2.61. The normalized spacial score (nSPS) is 20.6. The van der Waals surface area contributed by atoms with E-state index in [1.165, 1.54) is 4.90 Å². The topological polar surface area (TPSA) is 65.1 Å². The minimum absolute atomic E-state index is 0.0966. The highest BCUT2D eigenvalue weighted by Gasteiger charge is 2.50. The van der Waals surface area contributed by atoms with Crippen LogP contribution in [0.5, 0.6) is 0 Å². The molecule has 3 saturated heterocycles. The van der Waals surface area contributed by atoms with Gasteiger partial charge in [-0.05, 0) is 36.6 Å². The van der Waals surface area contributed by atoms with Gasteiger partial charge in [-0.1, -0.05) is 41.9 Å². The number of carbonyl (C=O) groups excluding carboxylic acids is 2. The van der Waals surface area contributed by atoms with Crippen molar-refractivity contribution in [3.63, 3.8) is 0 Å². The lowest BCUT2D eigenvalue weighted by atomic mass is 9.77. The molecule has 5 rings (SSSR count). The summed E-state index contributed by atoms with van der Waals surface area (Å²) in [5.41, 5.74) is 2.01. The number of nitrogens with zero attached hydrogens (tertiary/aromatic N) is 3. The van der Waals surface area contributed by atoms with E-state index in [4.69, 9.17) is 16.3 Å². The number of likely N-dealkylation sites (tertiary alicyclic amines) is 2. The Morgan fingerprint density at radius 1 is 1.06 bits per heavy atom. The van der Waals surface area contributed by atoms with Crippen LogP contribution in [-0.2, 0) is 14.9 Å². The predicted octanol–water partition coefficient (Wildman–Crippen LogP) is 3.10. The molecule has 0 aliphatic carbocycles. The molecule has 3 fully saturated rings. The van der Waals surface area contributed by atoms with Crippen LogP contribution in [0, 0.1) is 0 Å². The molecule has 0 bridgehead atoms. The van der Waals surface area contributed by atoms with Gasteiger partial charge in [0, 0.05) is 52.0 Å². The number of rotatable bonds is 6. The summed E-state index contributed by atoms with van der Waals surface area (Å²) in [5.74, 6) is 0.116. The molecule has 7 nitrogen and oxygen atoms in total. The summed E-state index contributed by atoms with van der Waals surface area (Å²) < 4.78 is 5.50. The molecule has 0 saturated carbocycles. The third-order valence-electron chi connectivity index (χ3n) is 7.59. The van der Waals surface area contributed by atoms with Crippen molar-refractivity contribution in [1.82, 2.24) is 14.7 Å². The van der Waals surface area contributed by atoms with E-state index in [0.717, 1.165) is 50.3 Å². The Morgan fingerprint density at radius 3 is 2.31 bits per heavy atom. The van der Waals surface area contributed by atoms with Crippen molar-refractivity contribution in [3.05, 3.63) is 64.7 Å². The van der Waals surface area contributed by atoms with Crippen molar-refractivity contribution in [3.8, 4) is 0 Å². The second kappa shape index (κ2) is 9.80. The lowest BCUT2D eigenvalue weighted by Gasteiger charge is -2.49. The summed E-state index contributed by atoms with van der Waals surface area (Å²) in [6.07, 6.45) is 1.99. The van der Waals surface area contributed by atoms with Crippen LogP contribution in [-0.4, -0.2) is 92.1 Å². The number of benzene rings is 2. The Kier molecular flexibility index (Phi) is 6.75. The van der Waals surface area contributed by atoms with E-state index in [1.54, 1.807) is 20.2 Å². The van der Waals surface area contributed by atoms with Crippen LogP contribution < -0.4 is 5.32 Å². The molecule has 8 heteroatoms. The van der Waals surface area contributed by atoms with Gasteiger partial charge in [-0.3, -0.25) is 14.5 Å². The number of amides is 2. The molecule has 2 amide bonds. The standard InChI is InChI=1S/C27H33ClN4O3/c1-30(2)25(33)23-9-8-20(14-24(23)28)29-21-15-32(16-21)22-10-12-31(13-11-22)26(34)27(17-35-18-27)19-6-4-3-5-7-19/h3-9,14,21-22,29H,10-13,15-18H2,1-2H3. The molecule has 0 spiro atoms. The highest BCUT2D eigenvalue weighted by Crippen LogP contribution is 2.36. The van der Waals surface area contributed by atoms with Crippen molar-refractivity contribution in [1.29, 1.82) is 0 Å². The zero-order chi connectivity index (χ0) is 24.6. The first-order valence-corrected chi connectivity index (χ1v) is 12.7. The van der Waals surface area contributed by atoms with Crippen molar-refractivity contribution in [2.45, 2.75) is 30.3 Å². The fraction of sp³-hybridized carbons (Fsp3) is 0.481. The van der Waals surface area contributed by atoms with Crippen molar-refractivity contribution in [2.75, 3.05) is 58.8 Å². The number of carbonyl (C=O) groups is 2. The minimum Gasteiger partial charge on any atom is -0.380 e. The molecule has 0 atom stereocenters. The van der Waals surface area contributed by atoms with Crippen LogP contribution in [0.2, 0.25) is 5.02 Å². The summed E-state index contributed by atoms with van der Waals surface area (Å²) in [7, 11) is 3.44. The molecule has 3 aliphatic heterocycles. The molecular formula is C27H33ClN4O3. The van der Waals surface area contributed by atoms with Crippen molar-refractivity contribution < 1.29 is 14.3 Å². The Bertz CT molecular complexity index is 1080. The Morgan fingerprint density at radius 2 is 1.74 bits per heavy atom. The lowest BCUT2D eigenvalue weighted by Crippen LogP contribution is -2.63. The molecule has 3 aliphatic rings. The van der Waals surface area contributed by atoms with Crippen LogP contribution in [0.4, 0.5) is 5.69 Å². The van der Waals surface area contributed by atoms with E-state index in [2.05, 4.69) is 10.2 Å². The first-order valence-electron chi connectivity index (χ1n) is 12.3. The second-order valence-electron chi connectivity index (χ2n) is 10.2. The van der Waals surface area contributed by atoms with Gasteiger partial charge in [0.1, 0.15) is 5.41 Å². The van der Waals surface area contributed by atoms with Crippen LogP contribution in [0.15, 0.2) is 48.5 Å². The second-order valence-corrected chi connectivity index (χ2v) is 10.6. The van der Waals surface area contributed by atoms with Crippen LogP contribution >= 0.6 is 11.6 Å². The summed E-state index contributed by atoms with van der Waals surface area (Å²) in [4.78, 5) is 31.7. The zero-order valence-electron chi connectivity index (χ0n) is 20.4. The fourth-order valence-electron chi connectivity index (χ4n) is 5.37. The van der Waals surface area contributed by atoms with Gasteiger partial charge in [0.15, 0.2) is 0 Å². The molecule has 0 radical (unpaired) electrons. The van der Waals surface area contributed by atoms with E-state index < -0.39 is 5.41 Å². The van der Waals surface area contributed by atoms with Crippen molar-refractivity contribution >= 4 is 29.1 Å². The summed E-state index contributed by atoms with van der Waals surface area (Å²) >= 11 is 6.35. The smallest absolute Gasteiger partial charge is 0.254 e. The van der Waals surface area contributed by atoms with E-state index >= 15 is 0 Å². The number of anilines is 1. The summed E-state index contributed by atoms with van der Waals surface area (Å²) in [6, 6.07) is 16.5. The first kappa shape index (κ1) is 24.1. The zero-order valence-corrected chi connectivity index (χ0v) is 21.1. The van der Waals surface area contributed by atoms with Crippen LogP contribution in [0.3, 0.4) is 0 Å². The van der Waals surface area contributed by atoms with E-state index in [-0.39, 0.29) is 11.8 Å². The number of piperidine rings is 1. The molecule has 35 heavy (non-hydrogen) atoms. The van der Waals surface area contributed by atoms with Gasteiger partial charge >= 0.3 is 0 Å². The Balaban J connectivity index is 1.10. The van der Waals surface area contributed by atoms with Gasteiger partial charge in [-0.2, -0.15) is 0 Å². The number of nitrogens with one attached hydrogen (secondary N) is 1. The summed E-state index contributed by atoms with van der Waals surface area (Å²) in [6.45, 7) is 4.48. The van der Waals surface area contributed by atoms with Crippen LogP contribution in [0.1, 0.15) is 28.8 Å². The molecule has 0 unspecified atom stereocenters. The summed E-state index contributed by atoms with van der Waals surface area (Å²) in [5, 5.41) is 4.00. The maximum absolute atomic E-state index is 13.4. The molecule has 2 aromatic carbocycles. The number of hydrogen-bond donors (Lipinski definition) is 1. The highest BCUT2D eigenvalue weighted by molar-refractivity contribution is 6.34. The average molecular weight is 497 g/mol. The lowest BCUT2D eigenvalue weighted by molar-refractivity contribution is -0.158. The molecule has 1 N–H and O–H groups in total. The van der Waals surface area contributed by atoms with Gasteiger partial charge in [-0.15, -0.1) is 0 Å². The van der Waals surface area contributed by atoms with Gasteiger partial charge in [0.05, 0.1) is 29.8 Å². The highest BCUT2D eigenvalue weighted by atomic mass is 35.5. The quantitative estimate of drug-likeness (QED) is 0.665. The third-order valence-corrected chi connectivity index (χ3v) is 7.90. The molecule has 186 valence electrons. The van der Waals surface area contributed by atoms with Gasteiger partial charge in [0.25, 0.3) is 5.91 Å². The molecular weight excluding hydrogens is 464 g/mol. The van der Waals surface area contributed by atoms with Crippen LogP contribution in [0.25, 0.3) is 0 Å². The van der Waals surface area contributed by atoms with Crippen molar-refractivity contribution in [2.24, 2.45) is 0 Å². The SMILES string of the molecule is CN(C)C(=O)c1ccc(NC2CN(C3CCN(C(=O)C4(c5ccccc5)COC4)CC3)C2)cc1Cl. The monoisotopic (exact) mass is 496 g/mol. The maximum Gasteiger partial charge on any atom is 0.254 e. The van der Waals surface area contributed by atoms with Gasteiger partial charge in [-0.25, -0.2) is 0 Å². The van der Waals surface area contributed by atoms with E-state index in [1.807, 2.05) is 47.4 Å². The van der Waals surface area contributed by atoms with E-state index in [0.29, 0.717) is 35.9 Å². The van der Waals surface area contributed by atoms with Gasteiger partial charge < -0.3 is 19.9 Å². The maximum atomic E-state index is 13.4. The fourth-order valence-corrected chi connectivity index (χ4v) is 5.63. The minimum atomic E-state index is -0.506. The largest absolute Gasteiger partial charge is 0.380 e. The predicted molar refractivity (Wildman–Crippen MR) is 137 cm³/mol. The number of ether oxygens (including phenoxy) is 1. The number of halogens is 1. The average Bonchev–Trinajstić information content (AvgIpc) is 2.81. The molecule has 0 aromatic heterocycles. The Labute approximate surface area is 212 Å².